The highest BCUT2D eigenvalue weighted by Crippen LogP contribution is 2.37. The second kappa shape index (κ2) is 9.16. The van der Waals surface area contributed by atoms with Gasteiger partial charge in [-0.3, -0.25) is 14.4 Å². The van der Waals surface area contributed by atoms with E-state index in [1.54, 1.807) is 19.6 Å². The van der Waals surface area contributed by atoms with Gasteiger partial charge in [-0.1, -0.05) is 19.6 Å². The van der Waals surface area contributed by atoms with Crippen LogP contribution in [0.3, 0.4) is 0 Å². The maximum atomic E-state index is 14.6. The normalized spacial score (nSPS) is 17.4. The summed E-state index contributed by atoms with van der Waals surface area (Å²) < 4.78 is 61.1. The van der Waals surface area contributed by atoms with Crippen LogP contribution < -0.4 is 21.4 Å². The Bertz CT molecular complexity index is 1080. The van der Waals surface area contributed by atoms with Gasteiger partial charge in [0.15, 0.2) is 0 Å². The Hall–Kier alpha value is -2.89. The first-order valence-corrected chi connectivity index (χ1v) is 13.9. The van der Waals surface area contributed by atoms with Crippen LogP contribution in [-0.2, 0) is 4.79 Å². The van der Waals surface area contributed by atoms with Crippen molar-refractivity contribution in [3.8, 4) is 0 Å². The van der Waals surface area contributed by atoms with Gasteiger partial charge in [0.25, 0.3) is 11.5 Å². The number of H-pyrrole nitrogens is 1. The Morgan fingerprint density at radius 1 is 1.12 bits per heavy atom. The van der Waals surface area contributed by atoms with E-state index in [9.17, 15) is 31.9 Å². The predicted molar refractivity (Wildman–Crippen MR) is 115 cm³/mol. The van der Waals surface area contributed by atoms with Gasteiger partial charge in [-0.25, -0.2) is 17.6 Å². The van der Waals surface area contributed by atoms with E-state index in [-0.39, 0.29) is 23.7 Å². The minimum absolute atomic E-state index is 0.0117. The molecule has 1 aromatic heterocycles. The lowest BCUT2D eigenvalue weighted by atomic mass is 9.81. The topological polar surface area (TPSA) is 104 Å². The zero-order chi connectivity index (χ0) is 24.6. The Kier molecular flexibility index (Phi) is 6.87. The molecule has 1 heterocycles. The molecule has 1 aliphatic rings. The van der Waals surface area contributed by atoms with Crippen LogP contribution in [0.15, 0.2) is 27.5 Å². The van der Waals surface area contributed by atoms with Crippen LogP contribution in [0.1, 0.15) is 36.2 Å². The summed E-state index contributed by atoms with van der Waals surface area (Å²) in [5.74, 6) is -7.24. The molecule has 1 fully saturated rings. The number of aromatic nitrogens is 1. The summed E-state index contributed by atoms with van der Waals surface area (Å²) in [7, 11) is -2.33. The second-order valence-corrected chi connectivity index (χ2v) is 14.3. The van der Waals surface area contributed by atoms with E-state index in [4.69, 9.17) is 4.52 Å². The summed E-state index contributed by atoms with van der Waals surface area (Å²) in [4.78, 5) is 36.7. The van der Waals surface area contributed by atoms with Gasteiger partial charge in [0, 0.05) is 23.7 Å². The van der Waals surface area contributed by atoms with Crippen molar-refractivity contribution in [1.82, 2.24) is 10.5 Å². The van der Waals surface area contributed by atoms with Crippen molar-refractivity contribution in [2.24, 2.45) is 5.92 Å². The maximum absolute atomic E-state index is 14.6. The molecule has 1 atom stereocenters. The lowest BCUT2D eigenvalue weighted by molar-refractivity contribution is -0.121. The van der Waals surface area contributed by atoms with Crippen LogP contribution in [0.4, 0.5) is 23.2 Å². The second-order valence-electron chi connectivity index (χ2n) is 9.28. The molecule has 7 nitrogen and oxygen atoms in total. The molecule has 2 aromatic rings. The van der Waals surface area contributed by atoms with E-state index >= 15 is 0 Å². The molecule has 1 unspecified atom stereocenters. The van der Waals surface area contributed by atoms with Crippen molar-refractivity contribution in [2.75, 3.05) is 5.32 Å². The summed E-state index contributed by atoms with van der Waals surface area (Å²) in [6, 6.07) is 1.57. The van der Waals surface area contributed by atoms with Gasteiger partial charge in [0.05, 0.1) is 14.1 Å². The van der Waals surface area contributed by atoms with Crippen LogP contribution >= 0.6 is 0 Å². The lowest BCUT2D eigenvalue weighted by Crippen LogP contribution is -2.50. The van der Waals surface area contributed by atoms with Crippen molar-refractivity contribution in [1.29, 1.82) is 0 Å². The van der Waals surface area contributed by atoms with Crippen molar-refractivity contribution in [3.05, 3.63) is 45.9 Å². The molecule has 180 valence electrons. The Morgan fingerprint density at radius 3 is 2.18 bits per heavy atom. The molecular formula is C21H25F4N3O4Si. The quantitative estimate of drug-likeness (QED) is 0.429. The van der Waals surface area contributed by atoms with Crippen LogP contribution in [0, 0.1) is 17.6 Å². The number of halogens is 4. The van der Waals surface area contributed by atoms with Gasteiger partial charge in [-0.05, 0) is 30.9 Å². The Morgan fingerprint density at radius 2 is 1.70 bits per heavy atom. The minimum Gasteiger partial charge on any atom is -0.373 e. The van der Waals surface area contributed by atoms with Crippen LogP contribution in [0.2, 0.25) is 19.6 Å². The highest BCUT2D eigenvalue weighted by Gasteiger charge is 2.40. The molecule has 0 saturated heterocycles. The SMILES string of the molecule is C[Si](C)(C)c1c(F)cc(NC(=O)C(NC(=O)c2cc(=O)[nH]o2)C2CCC(F)(F)CC2)cc1F. The summed E-state index contributed by atoms with van der Waals surface area (Å²) >= 11 is 0. The predicted octanol–water partition coefficient (Wildman–Crippen LogP) is 3.35. The number of aromatic amines is 1. The van der Waals surface area contributed by atoms with E-state index in [2.05, 4.69) is 10.6 Å². The van der Waals surface area contributed by atoms with Crippen LogP contribution in [-0.4, -0.2) is 37.0 Å². The molecule has 1 aliphatic carbocycles. The first-order chi connectivity index (χ1) is 15.3. The zero-order valence-corrected chi connectivity index (χ0v) is 19.4. The Labute approximate surface area is 187 Å². The number of nitrogens with one attached hydrogen (secondary N) is 3. The summed E-state index contributed by atoms with van der Waals surface area (Å²) in [6.45, 7) is 5.32. The first-order valence-electron chi connectivity index (χ1n) is 10.4. The molecule has 1 aromatic carbocycles. The van der Waals surface area contributed by atoms with Crippen molar-refractivity contribution >= 4 is 30.8 Å². The third-order valence-corrected chi connectivity index (χ3v) is 7.59. The number of rotatable bonds is 6. The number of anilines is 1. The molecule has 3 N–H and O–H groups in total. The number of alkyl halides is 2. The van der Waals surface area contributed by atoms with Crippen molar-refractivity contribution < 1.29 is 31.7 Å². The van der Waals surface area contributed by atoms with E-state index < -0.39 is 73.6 Å². The lowest BCUT2D eigenvalue weighted by Gasteiger charge is -2.33. The average molecular weight is 488 g/mol. The van der Waals surface area contributed by atoms with Crippen molar-refractivity contribution in [3.63, 3.8) is 0 Å². The van der Waals surface area contributed by atoms with E-state index in [1.807, 2.05) is 5.16 Å². The molecule has 12 heteroatoms. The molecule has 1 saturated carbocycles. The third-order valence-electron chi connectivity index (χ3n) is 5.61. The number of hydrogen-bond donors (Lipinski definition) is 3. The highest BCUT2D eigenvalue weighted by molar-refractivity contribution is 6.88. The largest absolute Gasteiger partial charge is 0.373 e. The number of hydrogen-bond acceptors (Lipinski definition) is 4. The smallest absolute Gasteiger partial charge is 0.290 e. The standard InChI is InChI=1S/C21H25F4N3O4Si/c1-33(2,3)18-13(22)8-12(9-14(18)23)26-20(31)17(11-4-6-21(24,25)7-5-11)27-19(30)15-10-16(29)28-32-15/h8-11,17H,4-7H2,1-3H3,(H,26,31)(H,27,30)(H,28,29). The van der Waals surface area contributed by atoms with Gasteiger partial charge < -0.3 is 15.2 Å². The molecule has 3 rings (SSSR count). The molecule has 33 heavy (non-hydrogen) atoms. The number of benzene rings is 1. The Balaban J connectivity index is 1.84. The number of amides is 2. The summed E-state index contributed by atoms with van der Waals surface area (Å²) in [6.07, 6.45) is -1.05. The highest BCUT2D eigenvalue weighted by atomic mass is 28.3. The molecule has 2 amide bonds. The number of carbonyl (C=O) groups is 2. The van der Waals surface area contributed by atoms with E-state index in [1.165, 1.54) is 0 Å². The van der Waals surface area contributed by atoms with Crippen molar-refractivity contribution in [2.45, 2.75) is 57.3 Å². The van der Waals surface area contributed by atoms with Gasteiger partial charge in [0.2, 0.25) is 17.6 Å². The molecule has 0 spiro atoms. The fourth-order valence-electron chi connectivity index (χ4n) is 3.98. The molecule has 0 aliphatic heterocycles. The van der Waals surface area contributed by atoms with E-state index in [0.717, 1.165) is 18.2 Å². The van der Waals surface area contributed by atoms with Gasteiger partial charge in [0.1, 0.15) is 17.7 Å². The molecule has 0 radical (unpaired) electrons. The monoisotopic (exact) mass is 487 g/mol. The molecule has 0 bridgehead atoms. The van der Waals surface area contributed by atoms with Gasteiger partial charge in [-0.2, -0.15) is 5.16 Å². The summed E-state index contributed by atoms with van der Waals surface area (Å²) in [5, 5.41) is 6.71. The van der Waals surface area contributed by atoms with Gasteiger partial charge in [-0.15, -0.1) is 0 Å². The third kappa shape index (κ3) is 5.92. The average Bonchev–Trinajstić information content (AvgIpc) is 3.11. The maximum Gasteiger partial charge on any atom is 0.290 e. The van der Waals surface area contributed by atoms with Crippen LogP contribution in [0.5, 0.6) is 0 Å². The fraction of sp³-hybridized carbons (Fsp3) is 0.476. The van der Waals surface area contributed by atoms with Crippen LogP contribution in [0.25, 0.3) is 0 Å². The summed E-state index contributed by atoms with van der Waals surface area (Å²) in [5.41, 5.74) is -0.836. The molecular weight excluding hydrogens is 462 g/mol. The fourth-order valence-corrected chi connectivity index (χ4v) is 5.56. The van der Waals surface area contributed by atoms with E-state index in [0.29, 0.717) is 0 Å². The van der Waals surface area contributed by atoms with Gasteiger partial charge >= 0.3 is 0 Å². The first kappa shape index (κ1) is 24.7. The number of carbonyl (C=O) groups excluding carboxylic acids is 2. The minimum atomic E-state index is -2.87. The zero-order valence-electron chi connectivity index (χ0n) is 18.4.